The van der Waals surface area contributed by atoms with E-state index >= 15 is 0 Å². The third-order valence-electron chi connectivity index (χ3n) is 2.77. The van der Waals surface area contributed by atoms with Gasteiger partial charge in [-0.05, 0) is 17.9 Å². The number of hydrogen-bond acceptors (Lipinski definition) is 2. The Balaban J connectivity index is 2.73. The summed E-state index contributed by atoms with van der Waals surface area (Å²) in [6.07, 6.45) is 3.19. The maximum atomic E-state index is 11.0. The highest BCUT2D eigenvalue weighted by atomic mass is 32.1. The van der Waals surface area contributed by atoms with E-state index in [2.05, 4.69) is 6.92 Å². The molecule has 0 bridgehead atoms. The molecule has 0 aromatic carbocycles. The van der Waals surface area contributed by atoms with E-state index in [0.717, 1.165) is 19.3 Å². The van der Waals surface area contributed by atoms with Crippen LogP contribution in [0.2, 0.25) is 0 Å². The first kappa shape index (κ1) is 12.2. The fraction of sp³-hybridized carbons (Fsp3) is 0.583. The highest BCUT2D eigenvalue weighted by Gasteiger charge is 2.25. The number of carbonyl (C=O) groups is 1. The molecule has 0 radical (unpaired) electrons. The molecule has 2 nitrogen and oxygen atoms in total. The lowest BCUT2D eigenvalue weighted by Crippen LogP contribution is -2.18. The minimum Gasteiger partial charge on any atom is -0.481 e. The SMILES string of the molecule is CCCCC(c1cccs1)C(C)C(=O)O. The molecular weight excluding hydrogens is 208 g/mol. The van der Waals surface area contributed by atoms with Crippen LogP contribution in [0.25, 0.3) is 0 Å². The molecule has 0 saturated heterocycles. The van der Waals surface area contributed by atoms with Crippen LogP contribution in [0.15, 0.2) is 17.5 Å². The molecule has 1 N–H and O–H groups in total. The van der Waals surface area contributed by atoms with Crippen LogP contribution in [0, 0.1) is 5.92 Å². The summed E-state index contributed by atoms with van der Waals surface area (Å²) in [7, 11) is 0. The lowest BCUT2D eigenvalue weighted by atomic mass is 9.88. The molecule has 0 spiro atoms. The van der Waals surface area contributed by atoms with Crippen LogP contribution in [0.3, 0.4) is 0 Å². The summed E-state index contributed by atoms with van der Waals surface area (Å²) in [5, 5.41) is 11.1. The first-order valence-electron chi connectivity index (χ1n) is 5.43. The summed E-state index contributed by atoms with van der Waals surface area (Å²) in [6.45, 7) is 3.94. The van der Waals surface area contributed by atoms with E-state index in [4.69, 9.17) is 5.11 Å². The van der Waals surface area contributed by atoms with Crippen molar-refractivity contribution in [1.29, 1.82) is 0 Å². The van der Waals surface area contributed by atoms with Crippen molar-refractivity contribution in [3.63, 3.8) is 0 Å². The summed E-state index contributed by atoms with van der Waals surface area (Å²) < 4.78 is 0. The van der Waals surface area contributed by atoms with Crippen LogP contribution in [0.4, 0.5) is 0 Å². The minimum absolute atomic E-state index is 0.183. The second-order valence-corrected chi connectivity index (χ2v) is 4.87. The van der Waals surface area contributed by atoms with E-state index in [0.29, 0.717) is 0 Å². The average molecular weight is 226 g/mol. The van der Waals surface area contributed by atoms with Gasteiger partial charge in [0.15, 0.2) is 0 Å². The lowest BCUT2D eigenvalue weighted by Gasteiger charge is -2.19. The van der Waals surface area contributed by atoms with Crippen molar-refractivity contribution in [3.05, 3.63) is 22.4 Å². The molecule has 0 aliphatic carbocycles. The lowest BCUT2D eigenvalue weighted by molar-refractivity contribution is -0.141. The van der Waals surface area contributed by atoms with Crippen LogP contribution < -0.4 is 0 Å². The smallest absolute Gasteiger partial charge is 0.306 e. The van der Waals surface area contributed by atoms with Gasteiger partial charge in [0.2, 0.25) is 0 Å². The highest BCUT2D eigenvalue weighted by Crippen LogP contribution is 2.32. The van der Waals surface area contributed by atoms with E-state index in [9.17, 15) is 4.79 Å². The molecule has 1 aromatic heterocycles. The summed E-state index contributed by atoms with van der Waals surface area (Å²) in [6, 6.07) is 4.04. The number of aliphatic carboxylic acids is 1. The Morgan fingerprint density at radius 3 is 2.80 bits per heavy atom. The van der Waals surface area contributed by atoms with Gasteiger partial charge in [-0.2, -0.15) is 0 Å². The zero-order valence-corrected chi connectivity index (χ0v) is 10.1. The Morgan fingerprint density at radius 2 is 2.33 bits per heavy atom. The summed E-state index contributed by atoms with van der Waals surface area (Å²) in [5.74, 6) is -0.790. The minimum atomic E-state index is -0.690. The second kappa shape index (κ2) is 5.91. The number of carboxylic acids is 1. The van der Waals surface area contributed by atoms with Crippen LogP contribution in [-0.4, -0.2) is 11.1 Å². The van der Waals surface area contributed by atoms with Crippen molar-refractivity contribution in [2.45, 2.75) is 39.0 Å². The topological polar surface area (TPSA) is 37.3 Å². The van der Waals surface area contributed by atoms with E-state index < -0.39 is 5.97 Å². The first-order valence-corrected chi connectivity index (χ1v) is 6.31. The molecule has 1 rings (SSSR count). The third-order valence-corrected chi connectivity index (χ3v) is 3.77. The molecule has 1 heterocycles. The third kappa shape index (κ3) is 3.34. The number of carboxylic acid groups (broad SMARTS) is 1. The van der Waals surface area contributed by atoms with Gasteiger partial charge in [-0.3, -0.25) is 4.79 Å². The summed E-state index contributed by atoms with van der Waals surface area (Å²) in [4.78, 5) is 12.2. The molecule has 15 heavy (non-hydrogen) atoms. The molecule has 2 unspecified atom stereocenters. The van der Waals surface area contributed by atoms with E-state index in [1.54, 1.807) is 11.3 Å². The monoisotopic (exact) mass is 226 g/mol. The number of hydrogen-bond donors (Lipinski definition) is 1. The molecule has 0 saturated carbocycles. The van der Waals surface area contributed by atoms with Crippen molar-refractivity contribution >= 4 is 17.3 Å². The highest BCUT2D eigenvalue weighted by molar-refractivity contribution is 7.10. The van der Waals surface area contributed by atoms with E-state index in [-0.39, 0.29) is 11.8 Å². The quantitative estimate of drug-likeness (QED) is 0.802. The standard InChI is InChI=1S/C12H18O2S/c1-3-4-6-10(9(2)12(13)14)11-7-5-8-15-11/h5,7-10H,3-4,6H2,1-2H3,(H,13,14). The van der Waals surface area contributed by atoms with Crippen molar-refractivity contribution in [2.75, 3.05) is 0 Å². The Labute approximate surface area is 94.9 Å². The van der Waals surface area contributed by atoms with Crippen LogP contribution in [0.5, 0.6) is 0 Å². The molecule has 1 aromatic rings. The van der Waals surface area contributed by atoms with Gasteiger partial charge in [0.1, 0.15) is 0 Å². The fourth-order valence-corrected chi connectivity index (χ4v) is 2.71. The first-order chi connectivity index (χ1) is 7.16. The van der Waals surface area contributed by atoms with Gasteiger partial charge in [0.25, 0.3) is 0 Å². The normalized spacial score (nSPS) is 14.8. The fourth-order valence-electron chi connectivity index (χ4n) is 1.74. The average Bonchev–Trinajstić information content (AvgIpc) is 2.71. The van der Waals surface area contributed by atoms with Gasteiger partial charge in [-0.1, -0.05) is 32.8 Å². The van der Waals surface area contributed by atoms with Gasteiger partial charge in [-0.25, -0.2) is 0 Å². The second-order valence-electron chi connectivity index (χ2n) is 3.89. The largest absolute Gasteiger partial charge is 0.481 e. The van der Waals surface area contributed by atoms with Gasteiger partial charge >= 0.3 is 5.97 Å². The molecular formula is C12H18O2S. The van der Waals surface area contributed by atoms with Crippen molar-refractivity contribution in [2.24, 2.45) is 5.92 Å². The van der Waals surface area contributed by atoms with E-state index in [1.165, 1.54) is 4.88 Å². The maximum Gasteiger partial charge on any atom is 0.306 e. The van der Waals surface area contributed by atoms with Crippen molar-refractivity contribution < 1.29 is 9.90 Å². The molecule has 0 amide bonds. The van der Waals surface area contributed by atoms with Crippen LogP contribution in [-0.2, 0) is 4.79 Å². The summed E-state index contributed by atoms with van der Waals surface area (Å²) in [5.41, 5.74) is 0. The zero-order chi connectivity index (χ0) is 11.3. The Hall–Kier alpha value is -0.830. The Bertz CT molecular complexity index is 293. The van der Waals surface area contributed by atoms with Crippen molar-refractivity contribution in [3.8, 4) is 0 Å². The van der Waals surface area contributed by atoms with Crippen LogP contribution in [0.1, 0.15) is 43.9 Å². The van der Waals surface area contributed by atoms with Crippen molar-refractivity contribution in [1.82, 2.24) is 0 Å². The molecule has 0 fully saturated rings. The molecule has 84 valence electrons. The molecule has 0 aliphatic rings. The van der Waals surface area contributed by atoms with Gasteiger partial charge in [0, 0.05) is 10.8 Å². The molecule has 0 aliphatic heterocycles. The van der Waals surface area contributed by atoms with E-state index in [1.807, 2.05) is 24.4 Å². The Kier molecular flexibility index (Phi) is 4.82. The van der Waals surface area contributed by atoms with Gasteiger partial charge < -0.3 is 5.11 Å². The Morgan fingerprint density at radius 1 is 1.60 bits per heavy atom. The van der Waals surface area contributed by atoms with Crippen LogP contribution >= 0.6 is 11.3 Å². The predicted molar refractivity (Wildman–Crippen MR) is 63.4 cm³/mol. The number of unbranched alkanes of at least 4 members (excludes halogenated alkanes) is 1. The number of thiophene rings is 1. The molecule has 3 heteroatoms. The number of rotatable bonds is 6. The maximum absolute atomic E-state index is 11.0. The molecule has 2 atom stereocenters. The summed E-state index contributed by atoms with van der Waals surface area (Å²) >= 11 is 1.66. The zero-order valence-electron chi connectivity index (χ0n) is 9.27. The predicted octanol–water partition coefficient (Wildman–Crippen LogP) is 3.74. The van der Waals surface area contributed by atoms with Gasteiger partial charge in [0.05, 0.1) is 5.92 Å². The van der Waals surface area contributed by atoms with Gasteiger partial charge in [-0.15, -0.1) is 11.3 Å².